The number of halogens is 1. The molecule has 0 saturated heterocycles. The van der Waals surface area contributed by atoms with Crippen LogP contribution >= 0.6 is 15.9 Å². The highest BCUT2D eigenvalue weighted by Gasteiger charge is 2.11. The van der Waals surface area contributed by atoms with Crippen LogP contribution in [0.5, 0.6) is 0 Å². The Morgan fingerprint density at radius 2 is 2.11 bits per heavy atom. The van der Waals surface area contributed by atoms with Crippen LogP contribution in [-0.2, 0) is 6.54 Å². The molecule has 0 radical (unpaired) electrons. The Morgan fingerprint density at radius 1 is 1.33 bits per heavy atom. The molecule has 0 unspecified atom stereocenters. The zero-order valence-corrected chi connectivity index (χ0v) is 12.4. The van der Waals surface area contributed by atoms with Crippen molar-refractivity contribution in [1.82, 2.24) is 20.1 Å². The fourth-order valence-corrected chi connectivity index (χ4v) is 2.02. The first kappa shape index (κ1) is 13.2. The Kier molecular flexibility index (Phi) is 3.82. The van der Waals surface area contributed by atoms with Gasteiger partial charge in [0.05, 0.1) is 5.69 Å². The maximum Gasteiger partial charge on any atom is 0.138 e. The Bertz CT molecular complexity index is 514. The molecule has 0 aliphatic carbocycles. The third kappa shape index (κ3) is 3.40. The predicted molar refractivity (Wildman–Crippen MR) is 75.7 cm³/mol. The van der Waals surface area contributed by atoms with Gasteiger partial charge in [0, 0.05) is 16.6 Å². The molecule has 2 rings (SSSR count). The molecule has 0 saturated carbocycles. The molecule has 0 bridgehead atoms. The maximum atomic E-state index is 4.18. The fraction of sp³-hybridized carbons (Fsp3) is 0.385. The third-order valence-electron chi connectivity index (χ3n) is 2.52. The van der Waals surface area contributed by atoms with Crippen molar-refractivity contribution in [3.8, 4) is 5.69 Å². The number of rotatable bonds is 3. The zero-order valence-electron chi connectivity index (χ0n) is 10.8. The van der Waals surface area contributed by atoms with E-state index < -0.39 is 0 Å². The maximum absolute atomic E-state index is 4.18. The van der Waals surface area contributed by atoms with Gasteiger partial charge in [-0.25, -0.2) is 9.67 Å². The lowest BCUT2D eigenvalue weighted by molar-refractivity contribution is 0.424. The Labute approximate surface area is 116 Å². The SMILES string of the molecule is CC(C)(C)NCc1cc(Br)ccc1-n1cncn1. The number of aromatic nitrogens is 3. The fourth-order valence-electron chi connectivity index (χ4n) is 1.61. The zero-order chi connectivity index (χ0) is 13.2. The smallest absolute Gasteiger partial charge is 0.138 e. The molecule has 1 aromatic heterocycles. The topological polar surface area (TPSA) is 42.7 Å². The van der Waals surface area contributed by atoms with E-state index in [1.165, 1.54) is 5.56 Å². The summed E-state index contributed by atoms with van der Waals surface area (Å²) in [6, 6.07) is 6.16. The van der Waals surface area contributed by atoms with Crippen molar-refractivity contribution in [1.29, 1.82) is 0 Å². The van der Waals surface area contributed by atoms with Crippen molar-refractivity contribution >= 4 is 15.9 Å². The highest BCUT2D eigenvalue weighted by Crippen LogP contribution is 2.20. The lowest BCUT2D eigenvalue weighted by atomic mass is 10.1. The Balaban J connectivity index is 2.30. The number of benzene rings is 1. The van der Waals surface area contributed by atoms with Gasteiger partial charge in [-0.1, -0.05) is 15.9 Å². The van der Waals surface area contributed by atoms with E-state index >= 15 is 0 Å². The highest BCUT2D eigenvalue weighted by molar-refractivity contribution is 9.10. The summed E-state index contributed by atoms with van der Waals surface area (Å²) in [7, 11) is 0. The molecule has 1 heterocycles. The van der Waals surface area contributed by atoms with Crippen LogP contribution in [0.2, 0.25) is 0 Å². The molecule has 0 fully saturated rings. The van der Waals surface area contributed by atoms with Gasteiger partial charge in [-0.05, 0) is 44.5 Å². The van der Waals surface area contributed by atoms with E-state index in [-0.39, 0.29) is 5.54 Å². The average molecular weight is 309 g/mol. The van der Waals surface area contributed by atoms with Crippen LogP contribution in [0, 0.1) is 0 Å². The number of hydrogen-bond acceptors (Lipinski definition) is 3. The molecule has 0 spiro atoms. The second-order valence-electron chi connectivity index (χ2n) is 5.22. The molecule has 4 nitrogen and oxygen atoms in total. The van der Waals surface area contributed by atoms with E-state index in [1.54, 1.807) is 17.3 Å². The molecule has 5 heteroatoms. The van der Waals surface area contributed by atoms with Gasteiger partial charge in [0.15, 0.2) is 0 Å². The number of nitrogens with zero attached hydrogens (tertiary/aromatic N) is 3. The molecule has 18 heavy (non-hydrogen) atoms. The largest absolute Gasteiger partial charge is 0.308 e. The van der Waals surface area contributed by atoms with Crippen LogP contribution in [0.4, 0.5) is 0 Å². The minimum absolute atomic E-state index is 0.0853. The molecule has 2 aromatic rings. The van der Waals surface area contributed by atoms with Crippen LogP contribution in [0.25, 0.3) is 5.69 Å². The minimum atomic E-state index is 0.0853. The first-order valence-corrected chi connectivity index (χ1v) is 6.63. The van der Waals surface area contributed by atoms with Crippen molar-refractivity contribution in [2.75, 3.05) is 0 Å². The van der Waals surface area contributed by atoms with Crippen LogP contribution in [-0.4, -0.2) is 20.3 Å². The number of hydrogen-bond donors (Lipinski definition) is 1. The summed E-state index contributed by atoms with van der Waals surface area (Å²) in [4.78, 5) is 3.99. The van der Waals surface area contributed by atoms with Gasteiger partial charge in [0.25, 0.3) is 0 Å². The van der Waals surface area contributed by atoms with E-state index in [0.717, 1.165) is 16.7 Å². The molecular formula is C13H17BrN4. The number of nitrogens with one attached hydrogen (secondary N) is 1. The minimum Gasteiger partial charge on any atom is -0.308 e. The highest BCUT2D eigenvalue weighted by atomic mass is 79.9. The van der Waals surface area contributed by atoms with Gasteiger partial charge in [-0.3, -0.25) is 0 Å². The van der Waals surface area contributed by atoms with Crippen molar-refractivity contribution in [2.24, 2.45) is 0 Å². The van der Waals surface area contributed by atoms with E-state index in [1.807, 2.05) is 12.1 Å². The van der Waals surface area contributed by atoms with Crippen LogP contribution in [0.15, 0.2) is 35.3 Å². The predicted octanol–water partition coefficient (Wildman–Crippen LogP) is 2.92. The third-order valence-corrected chi connectivity index (χ3v) is 3.01. The van der Waals surface area contributed by atoms with E-state index in [4.69, 9.17) is 0 Å². The molecule has 0 atom stereocenters. The summed E-state index contributed by atoms with van der Waals surface area (Å²) in [6.45, 7) is 7.25. The molecule has 1 aromatic carbocycles. The van der Waals surface area contributed by atoms with Gasteiger partial charge >= 0.3 is 0 Å². The van der Waals surface area contributed by atoms with Gasteiger partial charge < -0.3 is 5.32 Å². The van der Waals surface area contributed by atoms with Crippen LogP contribution < -0.4 is 5.32 Å². The van der Waals surface area contributed by atoms with Crippen molar-refractivity contribution in [3.05, 3.63) is 40.9 Å². The second kappa shape index (κ2) is 5.20. The molecule has 0 aliphatic heterocycles. The summed E-state index contributed by atoms with van der Waals surface area (Å²) in [6.07, 6.45) is 3.26. The van der Waals surface area contributed by atoms with Crippen molar-refractivity contribution < 1.29 is 0 Å². The summed E-state index contributed by atoms with van der Waals surface area (Å²) < 4.78 is 2.85. The normalized spacial score (nSPS) is 11.8. The van der Waals surface area contributed by atoms with E-state index in [2.05, 4.69) is 58.2 Å². The Hall–Kier alpha value is -1.20. The van der Waals surface area contributed by atoms with Crippen molar-refractivity contribution in [3.63, 3.8) is 0 Å². The monoisotopic (exact) mass is 308 g/mol. The van der Waals surface area contributed by atoms with Crippen LogP contribution in [0.1, 0.15) is 26.3 Å². The van der Waals surface area contributed by atoms with E-state index in [9.17, 15) is 0 Å². The summed E-state index contributed by atoms with van der Waals surface area (Å²) in [5, 5.41) is 7.67. The standard InChI is InChI=1S/C13H17BrN4/c1-13(2,3)16-7-10-6-11(14)4-5-12(10)18-9-15-8-17-18/h4-6,8-9,16H,7H2,1-3H3. The van der Waals surface area contributed by atoms with Gasteiger partial charge in [0.1, 0.15) is 12.7 Å². The quantitative estimate of drug-likeness (QED) is 0.948. The molecule has 0 amide bonds. The first-order valence-electron chi connectivity index (χ1n) is 5.84. The van der Waals surface area contributed by atoms with Crippen LogP contribution in [0.3, 0.4) is 0 Å². The van der Waals surface area contributed by atoms with E-state index in [0.29, 0.717) is 0 Å². The lowest BCUT2D eigenvalue weighted by Gasteiger charge is -2.21. The Morgan fingerprint density at radius 3 is 2.72 bits per heavy atom. The summed E-state index contributed by atoms with van der Waals surface area (Å²) in [5.74, 6) is 0. The first-order chi connectivity index (χ1) is 8.46. The second-order valence-corrected chi connectivity index (χ2v) is 6.13. The molecular weight excluding hydrogens is 292 g/mol. The average Bonchev–Trinajstić information content (AvgIpc) is 2.79. The van der Waals surface area contributed by atoms with Gasteiger partial charge in [0.2, 0.25) is 0 Å². The molecule has 1 N–H and O–H groups in total. The van der Waals surface area contributed by atoms with Gasteiger partial charge in [-0.15, -0.1) is 0 Å². The van der Waals surface area contributed by atoms with Crippen molar-refractivity contribution in [2.45, 2.75) is 32.9 Å². The summed E-state index contributed by atoms with van der Waals surface area (Å²) in [5.41, 5.74) is 2.32. The van der Waals surface area contributed by atoms with Gasteiger partial charge in [-0.2, -0.15) is 5.10 Å². The lowest BCUT2D eigenvalue weighted by Crippen LogP contribution is -2.35. The molecule has 96 valence electrons. The summed E-state index contributed by atoms with van der Waals surface area (Å²) >= 11 is 3.51. The molecule has 0 aliphatic rings.